The van der Waals surface area contributed by atoms with Crippen molar-refractivity contribution in [1.82, 2.24) is 19.4 Å². The van der Waals surface area contributed by atoms with Crippen LogP contribution in [0.5, 0.6) is 11.6 Å². The lowest BCUT2D eigenvalue weighted by atomic mass is 10.2. The molecule has 0 bridgehead atoms. The normalized spacial score (nSPS) is 13.9. The summed E-state index contributed by atoms with van der Waals surface area (Å²) in [6.45, 7) is 18.2. The van der Waals surface area contributed by atoms with E-state index in [1.807, 2.05) is 24.3 Å². The summed E-state index contributed by atoms with van der Waals surface area (Å²) >= 11 is 0. The van der Waals surface area contributed by atoms with E-state index in [-0.39, 0.29) is 34.4 Å². The molecule has 9 nitrogen and oxygen atoms in total. The molecule has 0 aliphatic carbocycles. The third-order valence-electron chi connectivity index (χ3n) is 6.80. The van der Waals surface area contributed by atoms with E-state index in [1.54, 1.807) is 19.1 Å². The molecule has 5 rings (SSSR count). The number of benzene rings is 2. The highest BCUT2D eigenvalue weighted by atomic mass is 19.1. The van der Waals surface area contributed by atoms with Crippen LogP contribution in [-0.4, -0.2) is 58.1 Å². The van der Waals surface area contributed by atoms with Gasteiger partial charge in [0.2, 0.25) is 11.8 Å². The highest BCUT2D eigenvalue weighted by Gasteiger charge is 2.20. The van der Waals surface area contributed by atoms with E-state index in [1.165, 1.54) is 23.9 Å². The Morgan fingerprint density at radius 3 is 2.53 bits per heavy atom. The number of piperazine rings is 1. The molecule has 38 heavy (non-hydrogen) atoms. The van der Waals surface area contributed by atoms with Gasteiger partial charge in [0.25, 0.3) is 5.69 Å². The maximum atomic E-state index is 15.3. The van der Waals surface area contributed by atoms with Crippen molar-refractivity contribution in [1.29, 1.82) is 0 Å². The Hall–Kier alpha value is -4.49. The summed E-state index contributed by atoms with van der Waals surface area (Å²) in [5.74, 6) is -0.747. The number of rotatable bonds is 6. The summed E-state index contributed by atoms with van der Waals surface area (Å²) in [7, 11) is 0. The molecule has 194 valence electrons. The second-order valence-electron chi connectivity index (χ2n) is 9.13. The maximum absolute atomic E-state index is 15.3. The average molecular weight is 514 g/mol. The molecule has 1 aliphatic rings. The zero-order chi connectivity index (χ0) is 26.8. The standard InChI is InChI=1S/C28H28FN7O2/c1-5-34-12-14-35(15-13-34)21-8-6-20(7-9-21)33-27-26(30-4)28(32-17-31-27)38-24-11-10-23-22(25(24)29)16-18(2)36(23)19(3)37/h6-11,16-17H,5,12-15H2,1-3H3,(H,31,32,33). The van der Waals surface area contributed by atoms with Gasteiger partial charge in [0.1, 0.15) is 12.1 Å². The van der Waals surface area contributed by atoms with Crippen LogP contribution in [0.2, 0.25) is 0 Å². The topological polar surface area (TPSA) is 79.9 Å². The molecular weight excluding hydrogens is 485 g/mol. The number of ether oxygens (including phenoxy) is 1. The number of anilines is 3. The fourth-order valence-corrected chi connectivity index (χ4v) is 4.80. The fraction of sp³-hybridized carbons (Fsp3) is 0.286. The number of hydrogen-bond donors (Lipinski definition) is 1. The minimum Gasteiger partial charge on any atom is -0.446 e. The molecule has 1 aliphatic heterocycles. The number of likely N-dealkylation sites (N-methyl/N-ethyl adjacent to an activating group) is 1. The Morgan fingerprint density at radius 1 is 1.13 bits per heavy atom. The van der Waals surface area contributed by atoms with Gasteiger partial charge in [0.15, 0.2) is 11.6 Å². The van der Waals surface area contributed by atoms with Crippen molar-refractivity contribution in [2.75, 3.05) is 42.9 Å². The van der Waals surface area contributed by atoms with Crippen LogP contribution >= 0.6 is 0 Å². The third-order valence-corrected chi connectivity index (χ3v) is 6.80. The summed E-state index contributed by atoms with van der Waals surface area (Å²) in [5.41, 5.74) is 3.00. The molecule has 1 fully saturated rings. The highest BCUT2D eigenvalue weighted by Crippen LogP contribution is 2.38. The Labute approximate surface area is 220 Å². The van der Waals surface area contributed by atoms with Gasteiger partial charge in [0.05, 0.1) is 12.1 Å². The predicted octanol–water partition coefficient (Wildman–Crippen LogP) is 5.77. The minimum absolute atomic E-state index is 0.0317. The molecule has 3 heterocycles. The van der Waals surface area contributed by atoms with Gasteiger partial charge in [-0.1, -0.05) is 6.92 Å². The summed E-state index contributed by atoms with van der Waals surface area (Å²) in [6.07, 6.45) is 1.26. The zero-order valence-electron chi connectivity index (χ0n) is 21.5. The van der Waals surface area contributed by atoms with Crippen LogP contribution in [0.25, 0.3) is 15.7 Å². The first-order valence-electron chi connectivity index (χ1n) is 12.5. The SMILES string of the molecule is [C-]#[N+]c1c(Nc2ccc(N3CCN(CC)CC3)cc2)ncnc1Oc1ccc2c(cc(C)n2C(C)=O)c1F. The van der Waals surface area contributed by atoms with E-state index >= 15 is 4.39 Å². The first-order chi connectivity index (χ1) is 18.4. The van der Waals surface area contributed by atoms with Gasteiger partial charge in [-0.2, -0.15) is 0 Å². The van der Waals surface area contributed by atoms with Crippen molar-refractivity contribution in [3.05, 3.63) is 71.7 Å². The highest BCUT2D eigenvalue weighted by molar-refractivity contribution is 5.94. The monoisotopic (exact) mass is 513 g/mol. The molecular formula is C28H28FN7O2. The average Bonchev–Trinajstić information content (AvgIpc) is 3.28. The van der Waals surface area contributed by atoms with Gasteiger partial charge < -0.3 is 19.9 Å². The molecule has 0 spiro atoms. The lowest BCUT2D eigenvalue weighted by molar-refractivity contribution is 0.0939. The second-order valence-corrected chi connectivity index (χ2v) is 9.13. The van der Waals surface area contributed by atoms with Crippen molar-refractivity contribution in [2.45, 2.75) is 20.8 Å². The molecule has 2 aromatic heterocycles. The number of hydrogen-bond acceptors (Lipinski definition) is 7. The maximum Gasteiger partial charge on any atom is 0.288 e. The summed E-state index contributed by atoms with van der Waals surface area (Å²) in [6, 6.07) is 12.6. The van der Waals surface area contributed by atoms with Crippen LogP contribution in [0.1, 0.15) is 24.3 Å². The molecule has 0 radical (unpaired) electrons. The Balaban J connectivity index is 1.37. The number of aromatic nitrogens is 3. The lowest BCUT2D eigenvalue weighted by Gasteiger charge is -2.35. The number of aryl methyl sites for hydroxylation is 1. The van der Waals surface area contributed by atoms with Gasteiger partial charge in [-0.25, -0.2) is 19.2 Å². The minimum atomic E-state index is -0.634. The summed E-state index contributed by atoms with van der Waals surface area (Å²) in [4.78, 5) is 28.6. The lowest BCUT2D eigenvalue weighted by Crippen LogP contribution is -2.46. The summed E-state index contributed by atoms with van der Waals surface area (Å²) < 4.78 is 22.5. The largest absolute Gasteiger partial charge is 0.446 e. The molecule has 2 aromatic carbocycles. The van der Waals surface area contributed by atoms with E-state index in [2.05, 4.69) is 36.9 Å². The van der Waals surface area contributed by atoms with E-state index in [9.17, 15) is 4.79 Å². The first kappa shape index (κ1) is 25.2. The van der Waals surface area contributed by atoms with Crippen LogP contribution in [0, 0.1) is 19.3 Å². The predicted molar refractivity (Wildman–Crippen MR) is 145 cm³/mol. The first-order valence-corrected chi connectivity index (χ1v) is 12.5. The second kappa shape index (κ2) is 10.5. The Morgan fingerprint density at radius 2 is 1.87 bits per heavy atom. The van der Waals surface area contributed by atoms with Crippen molar-refractivity contribution in [3.63, 3.8) is 0 Å². The van der Waals surface area contributed by atoms with E-state index in [0.29, 0.717) is 11.2 Å². The van der Waals surface area contributed by atoms with Crippen molar-refractivity contribution in [3.8, 4) is 11.6 Å². The third kappa shape index (κ3) is 4.76. The number of nitrogens with zero attached hydrogens (tertiary/aromatic N) is 6. The van der Waals surface area contributed by atoms with Gasteiger partial charge in [-0.3, -0.25) is 9.36 Å². The van der Waals surface area contributed by atoms with Crippen LogP contribution < -0.4 is 15.0 Å². The van der Waals surface area contributed by atoms with Crippen LogP contribution in [0.3, 0.4) is 0 Å². The van der Waals surface area contributed by atoms with Gasteiger partial charge in [-0.15, -0.1) is 0 Å². The van der Waals surface area contributed by atoms with Crippen molar-refractivity contribution >= 4 is 39.7 Å². The van der Waals surface area contributed by atoms with Crippen LogP contribution in [0.4, 0.5) is 27.3 Å². The molecule has 0 saturated carbocycles. The smallest absolute Gasteiger partial charge is 0.288 e. The van der Waals surface area contributed by atoms with E-state index in [0.717, 1.165) is 44.1 Å². The van der Waals surface area contributed by atoms with E-state index in [4.69, 9.17) is 11.3 Å². The van der Waals surface area contributed by atoms with Crippen LogP contribution in [-0.2, 0) is 0 Å². The molecule has 0 amide bonds. The zero-order valence-corrected chi connectivity index (χ0v) is 21.5. The quantitative estimate of drug-likeness (QED) is 0.328. The molecule has 0 atom stereocenters. The number of carbonyl (C=O) groups is 1. The molecule has 1 N–H and O–H groups in total. The molecule has 10 heteroatoms. The van der Waals surface area contributed by atoms with Crippen molar-refractivity contribution in [2.24, 2.45) is 0 Å². The molecule has 1 saturated heterocycles. The number of nitrogens with one attached hydrogen (secondary N) is 1. The van der Waals surface area contributed by atoms with Gasteiger partial charge in [-0.05, 0) is 55.9 Å². The molecule has 0 unspecified atom stereocenters. The van der Waals surface area contributed by atoms with Gasteiger partial charge in [0, 0.05) is 55.6 Å². The fourth-order valence-electron chi connectivity index (χ4n) is 4.80. The Kier molecular flexibility index (Phi) is 6.94. The van der Waals surface area contributed by atoms with Crippen molar-refractivity contribution < 1.29 is 13.9 Å². The Bertz CT molecular complexity index is 1530. The number of carbonyl (C=O) groups excluding carboxylic acids is 1. The number of fused-ring (bicyclic) bond motifs is 1. The van der Waals surface area contributed by atoms with Gasteiger partial charge >= 0.3 is 0 Å². The summed E-state index contributed by atoms with van der Waals surface area (Å²) in [5, 5.41) is 3.41. The number of halogens is 1. The van der Waals surface area contributed by atoms with E-state index < -0.39 is 5.82 Å². The van der Waals surface area contributed by atoms with Crippen LogP contribution in [0.15, 0.2) is 48.8 Å². The molecule has 4 aromatic rings.